The first-order valence-corrected chi connectivity index (χ1v) is 3.85. The molecule has 4 heteroatoms. The molecule has 2 aromatic rings. The van der Waals surface area contributed by atoms with Gasteiger partial charge >= 0.3 is 0 Å². The van der Waals surface area contributed by atoms with E-state index in [-0.39, 0.29) is 0 Å². The van der Waals surface area contributed by atoms with Gasteiger partial charge in [0, 0.05) is 5.92 Å². The van der Waals surface area contributed by atoms with E-state index in [1.54, 1.807) is 12.3 Å². The van der Waals surface area contributed by atoms with Gasteiger partial charge in [0.05, 0.1) is 6.20 Å². The molecule has 62 valence electrons. The summed E-state index contributed by atoms with van der Waals surface area (Å²) in [7, 11) is 0. The Labute approximate surface area is 69.6 Å². The summed E-state index contributed by atoms with van der Waals surface area (Å²) < 4.78 is 5.34. The number of aromatic nitrogens is 3. The van der Waals surface area contributed by atoms with Crippen LogP contribution in [-0.2, 0) is 0 Å². The molecule has 0 radical (unpaired) electrons. The predicted octanol–water partition coefficient (Wildman–Crippen LogP) is 1.74. The van der Waals surface area contributed by atoms with Crippen molar-refractivity contribution >= 4 is 11.2 Å². The van der Waals surface area contributed by atoms with Crippen LogP contribution in [0, 0.1) is 0 Å². The summed E-state index contributed by atoms with van der Waals surface area (Å²) in [5.74, 6) is 1.00. The lowest BCUT2D eigenvalue weighted by Crippen LogP contribution is -1.84. The molecule has 0 aliphatic heterocycles. The Bertz CT molecular complexity index is 361. The Balaban J connectivity index is 2.62. The van der Waals surface area contributed by atoms with Crippen molar-refractivity contribution in [2.75, 3.05) is 0 Å². The number of rotatable bonds is 1. The van der Waals surface area contributed by atoms with E-state index in [0.29, 0.717) is 17.5 Å². The third kappa shape index (κ3) is 1.05. The molecule has 0 N–H and O–H groups in total. The molecule has 0 atom stereocenters. The van der Waals surface area contributed by atoms with Gasteiger partial charge in [0.15, 0.2) is 5.89 Å². The first-order chi connectivity index (χ1) is 5.77. The quantitative estimate of drug-likeness (QED) is 0.642. The summed E-state index contributed by atoms with van der Waals surface area (Å²) in [4.78, 5) is 4.24. The molecule has 0 spiro atoms. The molecular formula is C8H9N3O. The highest BCUT2D eigenvalue weighted by Crippen LogP contribution is 2.17. The van der Waals surface area contributed by atoms with Crippen molar-refractivity contribution in [3.63, 3.8) is 0 Å². The zero-order valence-corrected chi connectivity index (χ0v) is 6.98. The van der Waals surface area contributed by atoms with Gasteiger partial charge in [-0.25, -0.2) is 4.98 Å². The number of hydrogen-bond donors (Lipinski definition) is 0. The SMILES string of the molecule is CC(C)c1nc2ccnnc2o1. The summed E-state index contributed by atoms with van der Waals surface area (Å²) in [6.45, 7) is 4.05. The Morgan fingerprint density at radius 3 is 2.92 bits per heavy atom. The second-order valence-electron chi connectivity index (χ2n) is 2.93. The van der Waals surface area contributed by atoms with Crippen molar-refractivity contribution < 1.29 is 4.42 Å². The van der Waals surface area contributed by atoms with Crippen LogP contribution in [-0.4, -0.2) is 15.2 Å². The fourth-order valence-corrected chi connectivity index (χ4v) is 0.958. The molecule has 0 aromatic carbocycles. The van der Waals surface area contributed by atoms with Gasteiger partial charge in [0.2, 0.25) is 0 Å². The monoisotopic (exact) mass is 163 g/mol. The van der Waals surface area contributed by atoms with Crippen molar-refractivity contribution in [1.29, 1.82) is 0 Å². The molecule has 4 nitrogen and oxygen atoms in total. The summed E-state index contributed by atoms with van der Waals surface area (Å²) in [6, 6.07) is 1.79. The van der Waals surface area contributed by atoms with Gasteiger partial charge in [-0.05, 0) is 6.07 Å². The average molecular weight is 163 g/mol. The highest BCUT2D eigenvalue weighted by Gasteiger charge is 2.08. The minimum absolute atomic E-state index is 0.291. The lowest BCUT2D eigenvalue weighted by Gasteiger charge is -1.92. The number of oxazole rings is 1. The fourth-order valence-electron chi connectivity index (χ4n) is 0.958. The lowest BCUT2D eigenvalue weighted by molar-refractivity contribution is 0.492. The Morgan fingerprint density at radius 2 is 2.25 bits per heavy atom. The van der Waals surface area contributed by atoms with Gasteiger partial charge in [-0.1, -0.05) is 13.8 Å². The molecule has 0 unspecified atom stereocenters. The van der Waals surface area contributed by atoms with E-state index < -0.39 is 0 Å². The van der Waals surface area contributed by atoms with E-state index >= 15 is 0 Å². The molecule has 0 saturated carbocycles. The summed E-state index contributed by atoms with van der Waals surface area (Å²) in [6.07, 6.45) is 1.61. The van der Waals surface area contributed by atoms with Crippen LogP contribution in [0.1, 0.15) is 25.7 Å². The van der Waals surface area contributed by atoms with E-state index in [0.717, 1.165) is 5.52 Å². The molecule has 0 aliphatic rings. The smallest absolute Gasteiger partial charge is 0.266 e. The zero-order chi connectivity index (χ0) is 8.55. The minimum Gasteiger partial charge on any atom is -0.421 e. The normalized spacial score (nSPS) is 11.2. The maximum Gasteiger partial charge on any atom is 0.266 e. The molecule has 12 heavy (non-hydrogen) atoms. The van der Waals surface area contributed by atoms with Gasteiger partial charge in [0.1, 0.15) is 5.52 Å². The van der Waals surface area contributed by atoms with Crippen LogP contribution in [0.25, 0.3) is 11.2 Å². The number of hydrogen-bond acceptors (Lipinski definition) is 4. The van der Waals surface area contributed by atoms with E-state index in [1.807, 2.05) is 13.8 Å². The molecule has 2 aromatic heterocycles. The first-order valence-electron chi connectivity index (χ1n) is 3.85. The molecule has 2 rings (SSSR count). The zero-order valence-electron chi connectivity index (χ0n) is 6.98. The van der Waals surface area contributed by atoms with E-state index in [4.69, 9.17) is 4.42 Å². The van der Waals surface area contributed by atoms with Crippen molar-refractivity contribution in [1.82, 2.24) is 15.2 Å². The summed E-state index contributed by atoms with van der Waals surface area (Å²) in [5, 5.41) is 7.51. The van der Waals surface area contributed by atoms with Crippen LogP contribution in [0.2, 0.25) is 0 Å². The second kappa shape index (κ2) is 2.55. The van der Waals surface area contributed by atoms with Gasteiger partial charge in [-0.3, -0.25) is 0 Å². The van der Waals surface area contributed by atoms with E-state index in [2.05, 4.69) is 15.2 Å². The van der Waals surface area contributed by atoms with Crippen LogP contribution in [0.5, 0.6) is 0 Å². The van der Waals surface area contributed by atoms with Crippen molar-refractivity contribution in [3.8, 4) is 0 Å². The van der Waals surface area contributed by atoms with Gasteiger partial charge in [0.25, 0.3) is 5.71 Å². The van der Waals surface area contributed by atoms with Crippen LogP contribution in [0.3, 0.4) is 0 Å². The minimum atomic E-state index is 0.291. The lowest BCUT2D eigenvalue weighted by atomic mass is 10.2. The average Bonchev–Trinajstić information content (AvgIpc) is 2.46. The maximum atomic E-state index is 5.34. The van der Waals surface area contributed by atoms with Crippen LogP contribution >= 0.6 is 0 Å². The van der Waals surface area contributed by atoms with Crippen LogP contribution in [0.4, 0.5) is 0 Å². The van der Waals surface area contributed by atoms with Gasteiger partial charge < -0.3 is 4.42 Å². The van der Waals surface area contributed by atoms with E-state index in [9.17, 15) is 0 Å². The van der Waals surface area contributed by atoms with Gasteiger partial charge in [-0.15, -0.1) is 5.10 Å². The Kier molecular flexibility index (Phi) is 1.53. The topological polar surface area (TPSA) is 51.8 Å². The third-order valence-corrected chi connectivity index (χ3v) is 1.59. The highest BCUT2D eigenvalue weighted by molar-refractivity contribution is 5.66. The summed E-state index contributed by atoms with van der Waals surface area (Å²) >= 11 is 0. The third-order valence-electron chi connectivity index (χ3n) is 1.59. The van der Waals surface area contributed by atoms with Gasteiger partial charge in [-0.2, -0.15) is 5.10 Å². The number of nitrogens with zero attached hydrogens (tertiary/aromatic N) is 3. The molecule has 0 amide bonds. The van der Waals surface area contributed by atoms with E-state index in [1.165, 1.54) is 0 Å². The first kappa shape index (κ1) is 7.21. The molecule has 2 heterocycles. The maximum absolute atomic E-state index is 5.34. The number of fused-ring (bicyclic) bond motifs is 1. The van der Waals surface area contributed by atoms with Crippen LogP contribution < -0.4 is 0 Å². The Hall–Kier alpha value is -1.45. The van der Waals surface area contributed by atoms with Crippen LogP contribution in [0.15, 0.2) is 16.7 Å². The van der Waals surface area contributed by atoms with Crippen molar-refractivity contribution in [3.05, 3.63) is 18.2 Å². The standard InChI is InChI=1S/C8H9N3O/c1-5(2)7-10-6-3-4-9-11-8(6)12-7/h3-5H,1-2H3. The molecule has 0 bridgehead atoms. The summed E-state index contributed by atoms with van der Waals surface area (Å²) in [5.41, 5.74) is 1.29. The Morgan fingerprint density at radius 1 is 1.42 bits per heavy atom. The van der Waals surface area contributed by atoms with Crippen molar-refractivity contribution in [2.45, 2.75) is 19.8 Å². The molecular weight excluding hydrogens is 154 g/mol. The molecule has 0 aliphatic carbocycles. The fraction of sp³-hybridized carbons (Fsp3) is 0.375. The predicted molar refractivity (Wildman–Crippen MR) is 43.7 cm³/mol. The molecule has 0 saturated heterocycles. The largest absolute Gasteiger partial charge is 0.421 e. The molecule has 0 fully saturated rings. The van der Waals surface area contributed by atoms with Crippen molar-refractivity contribution in [2.24, 2.45) is 0 Å². The highest BCUT2D eigenvalue weighted by atomic mass is 16.4. The second-order valence-corrected chi connectivity index (χ2v) is 2.93.